The Labute approximate surface area is 113 Å². The fourth-order valence-electron chi connectivity index (χ4n) is 2.31. The summed E-state index contributed by atoms with van der Waals surface area (Å²) in [6, 6.07) is 7.27. The fraction of sp³-hybridized carbons (Fsp3) is 0.500. The summed E-state index contributed by atoms with van der Waals surface area (Å²) in [5.41, 5.74) is 0.778. The number of hydrogen-bond acceptors (Lipinski definition) is 2. The van der Waals surface area contributed by atoms with E-state index in [4.69, 9.17) is 11.6 Å². The summed E-state index contributed by atoms with van der Waals surface area (Å²) in [7, 11) is 2.13. The third kappa shape index (κ3) is 4.00. The third-order valence-corrected chi connectivity index (χ3v) is 3.66. The van der Waals surface area contributed by atoms with Gasteiger partial charge < -0.3 is 10.2 Å². The average Bonchev–Trinajstić information content (AvgIpc) is 2.32. The Morgan fingerprint density at radius 2 is 2.17 bits per heavy atom. The molecule has 1 fully saturated rings. The van der Waals surface area contributed by atoms with E-state index in [1.807, 2.05) is 12.1 Å². The standard InChI is InChI=1S/C14H19ClN2O/c1-17-7-5-11(6-8-17)9-14(18)16-13-4-2-3-12(15)10-13/h2-4,10-11H,5-9H2,1H3,(H,16,18). The molecular formula is C14H19ClN2O. The van der Waals surface area contributed by atoms with Crippen LogP contribution in [-0.2, 0) is 4.79 Å². The highest BCUT2D eigenvalue weighted by Crippen LogP contribution is 2.21. The molecule has 0 spiro atoms. The maximum absolute atomic E-state index is 11.9. The molecule has 0 unspecified atom stereocenters. The van der Waals surface area contributed by atoms with Gasteiger partial charge in [0.1, 0.15) is 0 Å². The van der Waals surface area contributed by atoms with Crippen LogP contribution in [0, 0.1) is 5.92 Å². The third-order valence-electron chi connectivity index (χ3n) is 3.42. The van der Waals surface area contributed by atoms with Gasteiger partial charge in [-0.25, -0.2) is 0 Å². The first kappa shape index (κ1) is 13.4. The second-order valence-electron chi connectivity index (χ2n) is 5.01. The van der Waals surface area contributed by atoms with Crippen LogP contribution in [-0.4, -0.2) is 30.9 Å². The molecule has 0 aromatic heterocycles. The van der Waals surface area contributed by atoms with Gasteiger partial charge in [-0.2, -0.15) is 0 Å². The van der Waals surface area contributed by atoms with Crippen LogP contribution in [0.1, 0.15) is 19.3 Å². The van der Waals surface area contributed by atoms with Gasteiger partial charge in [-0.1, -0.05) is 17.7 Å². The summed E-state index contributed by atoms with van der Waals surface area (Å²) in [6.45, 7) is 2.18. The molecule has 1 N–H and O–H groups in total. The zero-order valence-corrected chi connectivity index (χ0v) is 11.4. The number of anilines is 1. The highest BCUT2D eigenvalue weighted by molar-refractivity contribution is 6.30. The topological polar surface area (TPSA) is 32.3 Å². The second-order valence-corrected chi connectivity index (χ2v) is 5.45. The van der Waals surface area contributed by atoms with Gasteiger partial charge in [0.05, 0.1) is 0 Å². The van der Waals surface area contributed by atoms with Gasteiger partial charge in [0.15, 0.2) is 0 Å². The molecule has 98 valence electrons. The molecule has 2 rings (SSSR count). The lowest BCUT2D eigenvalue weighted by Crippen LogP contribution is -2.31. The van der Waals surface area contributed by atoms with Crippen LogP contribution < -0.4 is 5.32 Å². The first-order valence-corrected chi connectivity index (χ1v) is 6.75. The number of hydrogen-bond donors (Lipinski definition) is 1. The lowest BCUT2D eigenvalue weighted by atomic mass is 9.93. The highest BCUT2D eigenvalue weighted by atomic mass is 35.5. The van der Waals surface area contributed by atoms with Gasteiger partial charge in [0.25, 0.3) is 0 Å². The second kappa shape index (κ2) is 6.21. The minimum atomic E-state index is 0.0896. The zero-order chi connectivity index (χ0) is 13.0. The first-order chi connectivity index (χ1) is 8.63. The monoisotopic (exact) mass is 266 g/mol. The van der Waals surface area contributed by atoms with Crippen molar-refractivity contribution in [1.82, 2.24) is 4.90 Å². The largest absolute Gasteiger partial charge is 0.326 e. The Hall–Kier alpha value is -1.06. The zero-order valence-electron chi connectivity index (χ0n) is 10.7. The molecule has 18 heavy (non-hydrogen) atoms. The van der Waals surface area contributed by atoms with Gasteiger partial charge in [0.2, 0.25) is 5.91 Å². The number of likely N-dealkylation sites (tertiary alicyclic amines) is 1. The summed E-state index contributed by atoms with van der Waals surface area (Å²) in [6.07, 6.45) is 2.83. The number of rotatable bonds is 3. The SMILES string of the molecule is CN1CCC(CC(=O)Nc2cccc(Cl)c2)CC1. The molecule has 0 bridgehead atoms. The van der Waals surface area contributed by atoms with Crippen molar-refractivity contribution in [1.29, 1.82) is 0 Å². The molecule has 1 aromatic rings. The van der Waals surface area contributed by atoms with Gasteiger partial charge in [-0.15, -0.1) is 0 Å². The number of piperidine rings is 1. The quantitative estimate of drug-likeness (QED) is 0.912. The molecule has 0 aliphatic carbocycles. The average molecular weight is 267 g/mol. The lowest BCUT2D eigenvalue weighted by Gasteiger charge is -2.28. The van der Waals surface area contributed by atoms with Gasteiger partial charge in [-0.3, -0.25) is 4.79 Å². The van der Waals surface area contributed by atoms with Crippen LogP contribution in [0.5, 0.6) is 0 Å². The van der Waals surface area contributed by atoms with Gasteiger partial charge in [0, 0.05) is 17.1 Å². The molecule has 0 saturated carbocycles. The number of amides is 1. The molecule has 1 aliphatic rings. The Bertz CT molecular complexity index is 414. The fourth-order valence-corrected chi connectivity index (χ4v) is 2.50. The molecule has 1 heterocycles. The van der Waals surface area contributed by atoms with E-state index < -0.39 is 0 Å². The smallest absolute Gasteiger partial charge is 0.224 e. The van der Waals surface area contributed by atoms with E-state index in [0.717, 1.165) is 31.6 Å². The number of halogens is 1. The molecule has 4 heteroatoms. The maximum atomic E-state index is 11.9. The van der Waals surface area contributed by atoms with Gasteiger partial charge in [-0.05, 0) is 57.1 Å². The van der Waals surface area contributed by atoms with Crippen molar-refractivity contribution in [3.63, 3.8) is 0 Å². The van der Waals surface area contributed by atoms with Gasteiger partial charge >= 0.3 is 0 Å². The number of nitrogens with one attached hydrogen (secondary N) is 1. The van der Waals surface area contributed by atoms with E-state index in [1.165, 1.54) is 0 Å². The van der Waals surface area contributed by atoms with Crippen molar-refractivity contribution >= 4 is 23.2 Å². The van der Waals surface area contributed by atoms with Crippen molar-refractivity contribution < 1.29 is 4.79 Å². The molecule has 1 aliphatic heterocycles. The Kier molecular flexibility index (Phi) is 4.61. The Morgan fingerprint density at radius 3 is 2.83 bits per heavy atom. The van der Waals surface area contributed by atoms with Crippen molar-refractivity contribution in [2.24, 2.45) is 5.92 Å². The summed E-state index contributed by atoms with van der Waals surface area (Å²) >= 11 is 5.88. The summed E-state index contributed by atoms with van der Waals surface area (Å²) in [5, 5.41) is 3.55. The van der Waals surface area contributed by atoms with E-state index in [-0.39, 0.29) is 5.91 Å². The van der Waals surface area contributed by atoms with Crippen molar-refractivity contribution in [3.05, 3.63) is 29.3 Å². The first-order valence-electron chi connectivity index (χ1n) is 6.37. The minimum absolute atomic E-state index is 0.0896. The molecule has 0 radical (unpaired) electrons. The number of benzene rings is 1. The number of nitrogens with zero attached hydrogens (tertiary/aromatic N) is 1. The van der Waals surface area contributed by atoms with Crippen molar-refractivity contribution in [2.75, 3.05) is 25.5 Å². The van der Waals surface area contributed by atoms with Crippen molar-refractivity contribution in [3.8, 4) is 0 Å². The number of carbonyl (C=O) groups excluding carboxylic acids is 1. The summed E-state index contributed by atoms with van der Waals surface area (Å²) in [5.74, 6) is 0.604. The van der Waals surface area contributed by atoms with Crippen LogP contribution in [0.25, 0.3) is 0 Å². The normalized spacial score (nSPS) is 17.7. The molecule has 1 amide bonds. The predicted molar refractivity (Wildman–Crippen MR) is 74.9 cm³/mol. The molecule has 1 saturated heterocycles. The van der Waals surface area contributed by atoms with Crippen LogP contribution in [0.2, 0.25) is 5.02 Å². The molecule has 3 nitrogen and oxygen atoms in total. The number of carbonyl (C=O) groups is 1. The van der Waals surface area contributed by atoms with E-state index in [2.05, 4.69) is 17.3 Å². The highest BCUT2D eigenvalue weighted by Gasteiger charge is 2.19. The minimum Gasteiger partial charge on any atom is -0.326 e. The predicted octanol–water partition coefficient (Wildman–Crippen LogP) is 3.01. The van der Waals surface area contributed by atoms with Crippen LogP contribution >= 0.6 is 11.6 Å². The van der Waals surface area contributed by atoms with Crippen LogP contribution in [0.15, 0.2) is 24.3 Å². The summed E-state index contributed by atoms with van der Waals surface area (Å²) in [4.78, 5) is 14.2. The van der Waals surface area contributed by atoms with Crippen LogP contribution in [0.3, 0.4) is 0 Å². The lowest BCUT2D eigenvalue weighted by molar-refractivity contribution is -0.117. The van der Waals surface area contributed by atoms with E-state index in [9.17, 15) is 4.79 Å². The molecule has 1 aromatic carbocycles. The van der Waals surface area contributed by atoms with Crippen molar-refractivity contribution in [2.45, 2.75) is 19.3 Å². The van der Waals surface area contributed by atoms with Crippen LogP contribution in [0.4, 0.5) is 5.69 Å². The van der Waals surface area contributed by atoms with E-state index in [1.54, 1.807) is 12.1 Å². The van der Waals surface area contributed by atoms with E-state index in [0.29, 0.717) is 17.4 Å². The molecule has 0 atom stereocenters. The van der Waals surface area contributed by atoms with E-state index >= 15 is 0 Å². The summed E-state index contributed by atoms with van der Waals surface area (Å²) < 4.78 is 0. The Morgan fingerprint density at radius 1 is 1.44 bits per heavy atom. The Balaban J connectivity index is 1.82. The molecular weight excluding hydrogens is 248 g/mol. The maximum Gasteiger partial charge on any atom is 0.224 e.